The van der Waals surface area contributed by atoms with Crippen molar-refractivity contribution in [2.24, 2.45) is 0 Å². The second-order valence-corrected chi connectivity index (χ2v) is 24.8. The Bertz CT molecular complexity index is 4830. The molecule has 17 rings (SSSR count). The number of aromatic nitrogens is 2. The van der Waals surface area contributed by atoms with Gasteiger partial charge in [-0.05, 0) is 137 Å². The largest absolute Gasteiger partial charge is 0.454 e. The van der Waals surface area contributed by atoms with E-state index >= 15 is 0 Å². The molecule has 2 aliphatic heterocycles. The van der Waals surface area contributed by atoms with E-state index in [1.165, 1.54) is 88.1 Å². The average Bonchev–Trinajstić information content (AvgIpc) is 1.39. The third kappa shape index (κ3) is 7.32. The number of hydrogen-bond donors (Lipinski definition) is 0. The topological polar surface area (TPSA) is 42.6 Å². The van der Waals surface area contributed by atoms with Crippen LogP contribution in [0.1, 0.15) is 77.0 Å². The molecule has 0 amide bonds. The zero-order valence-corrected chi connectivity index (χ0v) is 48.7. The molecule has 2 aliphatic rings. The van der Waals surface area contributed by atoms with E-state index in [-0.39, 0.29) is 12.1 Å². The first kappa shape index (κ1) is 49.9. The van der Waals surface area contributed by atoms with E-state index in [0.717, 1.165) is 117 Å². The van der Waals surface area contributed by atoms with Gasteiger partial charge in [-0.3, -0.25) is 0 Å². The van der Waals surface area contributed by atoms with E-state index in [0.29, 0.717) is 0 Å². The average molecular weight is 1100 g/mol. The second-order valence-electron chi connectivity index (χ2n) is 24.8. The van der Waals surface area contributed by atoms with Gasteiger partial charge in [0.15, 0.2) is 11.2 Å². The Morgan fingerprint density at radius 1 is 0.376 bits per heavy atom. The van der Waals surface area contributed by atoms with Crippen molar-refractivity contribution >= 4 is 145 Å². The Hall–Kier alpha value is -9.72. The summed E-state index contributed by atoms with van der Waals surface area (Å²) in [7, 11) is 0. The highest BCUT2D eigenvalue weighted by molar-refractivity contribution is 7.00. The van der Waals surface area contributed by atoms with Gasteiger partial charge in [0.2, 0.25) is 0 Å². The molecule has 6 nitrogen and oxygen atoms in total. The van der Waals surface area contributed by atoms with Crippen LogP contribution in [0, 0.1) is 0 Å². The Morgan fingerprint density at radius 3 is 1.14 bits per heavy atom. The molecule has 0 fully saturated rings. The highest BCUT2D eigenvalue weighted by Crippen LogP contribution is 2.53. The maximum absolute atomic E-state index is 7.31. The fraction of sp³-hybridized carbons (Fsp3) is 0.154. The van der Waals surface area contributed by atoms with Crippen LogP contribution in [-0.2, 0) is 18.3 Å². The summed E-state index contributed by atoms with van der Waals surface area (Å²) in [6.07, 6.45) is 6.02. The third-order valence-corrected chi connectivity index (χ3v) is 18.8. The number of aryl methyl sites for hydroxylation is 2. The molecule has 0 bridgehead atoms. The van der Waals surface area contributed by atoms with E-state index in [1.807, 2.05) is 0 Å². The first-order chi connectivity index (χ1) is 41.7. The molecule has 0 saturated heterocycles. The van der Waals surface area contributed by atoms with Crippen LogP contribution in [0.3, 0.4) is 0 Å². The van der Waals surface area contributed by atoms with E-state index in [2.05, 4.69) is 272 Å². The lowest BCUT2D eigenvalue weighted by atomic mass is 9.33. The number of rotatable bonds is 10. The van der Waals surface area contributed by atoms with E-state index < -0.39 is 0 Å². The lowest BCUT2D eigenvalue weighted by Crippen LogP contribution is -2.61. The zero-order valence-electron chi connectivity index (χ0n) is 48.7. The van der Waals surface area contributed by atoms with E-state index in [9.17, 15) is 0 Å². The van der Waals surface area contributed by atoms with Gasteiger partial charge >= 0.3 is 0 Å². The van der Waals surface area contributed by atoms with Crippen LogP contribution in [0.15, 0.2) is 227 Å². The molecule has 0 atom stereocenters. The van der Waals surface area contributed by atoms with Crippen molar-refractivity contribution in [1.82, 2.24) is 9.13 Å². The minimum absolute atomic E-state index is 0.168. The van der Waals surface area contributed by atoms with Crippen LogP contribution in [0.2, 0.25) is 0 Å². The van der Waals surface area contributed by atoms with Gasteiger partial charge in [0.1, 0.15) is 11.2 Å². The Balaban J connectivity index is 1.04. The molecule has 0 spiro atoms. The fourth-order valence-corrected chi connectivity index (χ4v) is 14.8. The summed E-state index contributed by atoms with van der Waals surface area (Å²) in [6.45, 7) is 11.6. The number of hydrogen-bond acceptors (Lipinski definition) is 4. The van der Waals surface area contributed by atoms with Crippen molar-refractivity contribution in [2.75, 3.05) is 9.80 Å². The van der Waals surface area contributed by atoms with Crippen molar-refractivity contribution in [3.05, 3.63) is 235 Å². The van der Waals surface area contributed by atoms with Crippen molar-refractivity contribution in [3.8, 4) is 11.4 Å². The number of para-hydroxylation sites is 6. The molecule has 7 heteroatoms. The summed E-state index contributed by atoms with van der Waals surface area (Å²) >= 11 is 0. The highest BCUT2D eigenvalue weighted by Gasteiger charge is 2.46. The number of benzene rings is 11. The lowest BCUT2D eigenvalue weighted by Gasteiger charge is -2.45. The van der Waals surface area contributed by atoms with Crippen LogP contribution in [0.25, 0.3) is 98.9 Å². The van der Waals surface area contributed by atoms with Crippen molar-refractivity contribution in [2.45, 2.75) is 78.6 Å². The number of furan rings is 2. The predicted octanol–water partition coefficient (Wildman–Crippen LogP) is 19.7. The van der Waals surface area contributed by atoms with E-state index in [4.69, 9.17) is 8.83 Å². The normalized spacial score (nSPS) is 13.2. The Kier molecular flexibility index (Phi) is 11.1. The number of nitrogens with zero attached hydrogens (tertiary/aromatic N) is 4. The Morgan fingerprint density at radius 2 is 0.753 bits per heavy atom. The first-order valence-electron chi connectivity index (χ1n) is 30.7. The lowest BCUT2D eigenvalue weighted by molar-refractivity contribution is 0.590. The predicted molar refractivity (Wildman–Crippen MR) is 360 cm³/mol. The maximum atomic E-state index is 7.31. The van der Waals surface area contributed by atoms with Gasteiger partial charge in [0, 0.05) is 77.2 Å². The SMILES string of the molecule is CCCCc1ccc2c(oc3ccccc32)c1N1c2cc(-n3c4ccccc4c4ccccc43)ccc2B2c3ccc(-n4c5ccccc5c5ccccc54)cc3N(c3c(CCCC)ccc4c3oc3ccccc34)c3cc(C(C)(C)C)cc1c32. The summed E-state index contributed by atoms with van der Waals surface area (Å²) in [6, 6.07) is 82.0. The van der Waals surface area contributed by atoms with Gasteiger partial charge in [0.05, 0.1) is 33.4 Å². The standard InChI is InChI=1S/C78H63BN4O2/c1-6-8-22-48-36-40-59-57-28-14-20-34-71(57)84-76(59)74(48)82-67-46-51(80-63-30-16-10-24-53(63)54-25-11-17-31-64(54)80)38-42-61(67)79-62-43-39-52(81-65-32-18-12-26-55(65)56-27-13-19-33-66(56)81)47-68(62)83(70-45-50(78(3,4)5)44-69(82)73(70)79)75-49(23-9-7-2)37-41-60-58-29-15-21-35-72(58)85-77(60)75/h10-21,24-47H,6-9,22-23H2,1-5H3. The quantitative estimate of drug-likeness (QED) is 0.128. The first-order valence-corrected chi connectivity index (χ1v) is 30.7. The molecule has 6 heterocycles. The van der Waals surface area contributed by atoms with Gasteiger partial charge < -0.3 is 27.8 Å². The molecule has 0 N–H and O–H groups in total. The molecule has 85 heavy (non-hydrogen) atoms. The second kappa shape index (κ2) is 18.9. The molecular formula is C78H63BN4O2. The number of unbranched alkanes of at least 4 members (excludes halogenated alkanes) is 2. The molecule has 11 aromatic carbocycles. The monoisotopic (exact) mass is 1100 g/mol. The smallest absolute Gasteiger partial charge is 0.252 e. The van der Waals surface area contributed by atoms with Crippen molar-refractivity contribution in [1.29, 1.82) is 0 Å². The molecule has 0 unspecified atom stereocenters. The molecule has 410 valence electrons. The summed E-state index contributed by atoms with van der Waals surface area (Å²) < 4.78 is 19.6. The number of anilines is 6. The fourth-order valence-electron chi connectivity index (χ4n) is 14.8. The molecule has 15 aromatic rings. The molecule has 0 saturated carbocycles. The van der Waals surface area contributed by atoms with Crippen molar-refractivity contribution < 1.29 is 8.83 Å². The van der Waals surface area contributed by atoms with Crippen LogP contribution in [0.4, 0.5) is 34.1 Å². The van der Waals surface area contributed by atoms with Gasteiger partial charge in [-0.2, -0.15) is 0 Å². The van der Waals surface area contributed by atoms with Crippen LogP contribution in [0.5, 0.6) is 0 Å². The summed E-state index contributed by atoms with van der Waals surface area (Å²) in [5.41, 5.74) is 24.7. The zero-order chi connectivity index (χ0) is 56.8. The minimum atomic E-state index is -0.263. The highest BCUT2D eigenvalue weighted by atomic mass is 16.3. The van der Waals surface area contributed by atoms with Crippen LogP contribution < -0.4 is 26.2 Å². The molecule has 0 aliphatic carbocycles. The minimum Gasteiger partial charge on any atom is -0.454 e. The van der Waals surface area contributed by atoms with Gasteiger partial charge in [-0.1, -0.05) is 193 Å². The maximum Gasteiger partial charge on any atom is 0.252 e. The molecule has 4 aromatic heterocycles. The molecular weight excluding hydrogens is 1040 g/mol. The van der Waals surface area contributed by atoms with Crippen LogP contribution in [-0.4, -0.2) is 15.8 Å². The Labute approximate surface area is 494 Å². The van der Waals surface area contributed by atoms with Crippen molar-refractivity contribution in [3.63, 3.8) is 0 Å². The van der Waals surface area contributed by atoms with Gasteiger partial charge in [-0.15, -0.1) is 0 Å². The summed E-state index contributed by atoms with van der Waals surface area (Å²) in [5, 5.41) is 9.45. The van der Waals surface area contributed by atoms with E-state index in [1.54, 1.807) is 0 Å². The van der Waals surface area contributed by atoms with Gasteiger partial charge in [-0.25, -0.2) is 0 Å². The third-order valence-electron chi connectivity index (χ3n) is 18.8. The molecule has 0 radical (unpaired) electrons. The summed E-state index contributed by atoms with van der Waals surface area (Å²) in [4.78, 5) is 5.31. The van der Waals surface area contributed by atoms with Gasteiger partial charge in [0.25, 0.3) is 6.71 Å². The van der Waals surface area contributed by atoms with Crippen LogP contribution >= 0.6 is 0 Å². The number of fused-ring (bicyclic) bond motifs is 16. The summed E-state index contributed by atoms with van der Waals surface area (Å²) in [5.74, 6) is 0.